The van der Waals surface area contributed by atoms with Gasteiger partial charge in [-0.3, -0.25) is 14.7 Å². The number of ketones is 1. The number of aromatic nitrogens is 2. The lowest BCUT2D eigenvalue weighted by Crippen LogP contribution is -2.49. The van der Waals surface area contributed by atoms with Gasteiger partial charge in [-0.15, -0.1) is 0 Å². The molecule has 0 unspecified atom stereocenters. The quantitative estimate of drug-likeness (QED) is 0.459. The molecule has 1 aliphatic heterocycles. The van der Waals surface area contributed by atoms with Gasteiger partial charge in [-0.1, -0.05) is 30.3 Å². The molecule has 0 saturated carbocycles. The molecule has 1 saturated heterocycles. The zero-order valence-electron chi connectivity index (χ0n) is 18.7. The Hall–Kier alpha value is -3.07. The number of para-hydroxylation sites is 2. The highest BCUT2D eigenvalue weighted by Crippen LogP contribution is 2.26. The SMILES string of the molecule is Cc1cnc2c(S(=O)(=O)N3CCN(CC(=O)c4c(C)[nH]c5ccccc45)CC3)cccc2c1. The molecule has 2 aromatic heterocycles. The molecule has 170 valence electrons. The first-order chi connectivity index (χ1) is 15.8. The molecule has 0 bridgehead atoms. The Morgan fingerprint density at radius 3 is 2.58 bits per heavy atom. The van der Waals surface area contributed by atoms with Crippen LogP contribution in [0.15, 0.2) is 59.6 Å². The molecule has 2 aromatic carbocycles. The summed E-state index contributed by atoms with van der Waals surface area (Å²) in [5.74, 6) is 0.0508. The number of sulfonamides is 1. The number of aryl methyl sites for hydroxylation is 2. The average Bonchev–Trinajstić information content (AvgIpc) is 3.14. The molecule has 1 N–H and O–H groups in total. The molecule has 1 fully saturated rings. The van der Waals surface area contributed by atoms with Crippen LogP contribution in [0, 0.1) is 13.8 Å². The topological polar surface area (TPSA) is 86.4 Å². The molecule has 8 heteroatoms. The fourth-order valence-corrected chi connectivity index (χ4v) is 6.22. The van der Waals surface area contributed by atoms with E-state index in [4.69, 9.17) is 0 Å². The highest BCUT2D eigenvalue weighted by molar-refractivity contribution is 7.89. The lowest BCUT2D eigenvalue weighted by Gasteiger charge is -2.33. The third kappa shape index (κ3) is 3.94. The number of piperazine rings is 1. The van der Waals surface area contributed by atoms with Gasteiger partial charge in [0, 0.05) is 59.9 Å². The number of benzene rings is 2. The van der Waals surface area contributed by atoms with E-state index in [0.29, 0.717) is 31.7 Å². The molecule has 7 nitrogen and oxygen atoms in total. The van der Waals surface area contributed by atoms with Crippen molar-refractivity contribution in [3.05, 3.63) is 71.5 Å². The molecular weight excluding hydrogens is 436 g/mol. The molecule has 33 heavy (non-hydrogen) atoms. The molecule has 0 radical (unpaired) electrons. The zero-order chi connectivity index (χ0) is 23.2. The summed E-state index contributed by atoms with van der Waals surface area (Å²) in [7, 11) is -3.68. The number of Topliss-reactive ketones (excluding diaryl/α,β-unsaturated/α-hetero) is 1. The van der Waals surface area contributed by atoms with Gasteiger partial charge in [0.2, 0.25) is 10.0 Å². The minimum Gasteiger partial charge on any atom is -0.358 e. The minimum atomic E-state index is -3.68. The van der Waals surface area contributed by atoms with Crippen LogP contribution < -0.4 is 0 Å². The van der Waals surface area contributed by atoms with Crippen molar-refractivity contribution in [1.29, 1.82) is 0 Å². The molecule has 0 aliphatic carbocycles. The summed E-state index contributed by atoms with van der Waals surface area (Å²) in [6.07, 6.45) is 1.69. The molecule has 0 spiro atoms. The number of rotatable bonds is 5. The van der Waals surface area contributed by atoms with E-state index in [2.05, 4.69) is 9.97 Å². The van der Waals surface area contributed by atoms with Gasteiger partial charge in [-0.05, 0) is 37.6 Å². The second-order valence-electron chi connectivity index (χ2n) is 8.61. The van der Waals surface area contributed by atoms with Crippen molar-refractivity contribution in [3.63, 3.8) is 0 Å². The van der Waals surface area contributed by atoms with Gasteiger partial charge >= 0.3 is 0 Å². The standard InChI is InChI=1S/C25H26N4O3S/c1-17-14-19-6-5-9-23(25(19)26-15-17)33(31,32)29-12-10-28(11-13-29)16-22(30)24-18(2)27-21-8-4-3-7-20(21)24/h3-9,14-15,27H,10-13,16H2,1-2H3. The van der Waals surface area contributed by atoms with Crippen LogP contribution in [0.1, 0.15) is 21.6 Å². The monoisotopic (exact) mass is 462 g/mol. The predicted molar refractivity (Wildman–Crippen MR) is 129 cm³/mol. The van der Waals surface area contributed by atoms with Gasteiger partial charge in [0.15, 0.2) is 5.78 Å². The molecular formula is C25H26N4O3S. The summed E-state index contributed by atoms with van der Waals surface area (Å²) >= 11 is 0. The van der Waals surface area contributed by atoms with Gasteiger partial charge in [-0.25, -0.2) is 8.42 Å². The van der Waals surface area contributed by atoms with E-state index < -0.39 is 10.0 Å². The first kappa shape index (κ1) is 21.8. The highest BCUT2D eigenvalue weighted by atomic mass is 32.2. The molecule has 3 heterocycles. The molecule has 4 aromatic rings. The number of nitrogens with one attached hydrogen (secondary N) is 1. The van der Waals surface area contributed by atoms with Crippen LogP contribution >= 0.6 is 0 Å². The maximum absolute atomic E-state index is 13.4. The number of carbonyl (C=O) groups is 1. The summed E-state index contributed by atoms with van der Waals surface area (Å²) in [5.41, 5.74) is 4.02. The Morgan fingerprint density at radius 1 is 1.03 bits per heavy atom. The predicted octanol–water partition coefficient (Wildman–Crippen LogP) is 3.52. The highest BCUT2D eigenvalue weighted by Gasteiger charge is 2.31. The molecule has 0 atom stereocenters. The maximum Gasteiger partial charge on any atom is 0.245 e. The number of fused-ring (bicyclic) bond motifs is 2. The van der Waals surface area contributed by atoms with Crippen LogP contribution in [0.4, 0.5) is 0 Å². The van der Waals surface area contributed by atoms with Crippen LogP contribution in [-0.2, 0) is 10.0 Å². The van der Waals surface area contributed by atoms with Gasteiger partial charge < -0.3 is 4.98 Å². The fourth-order valence-electron chi connectivity index (χ4n) is 4.64. The third-order valence-corrected chi connectivity index (χ3v) is 8.23. The van der Waals surface area contributed by atoms with Gasteiger partial charge in [0.05, 0.1) is 12.1 Å². The third-order valence-electron chi connectivity index (χ3n) is 6.30. The number of hydrogen-bond donors (Lipinski definition) is 1. The van der Waals surface area contributed by atoms with E-state index in [1.807, 2.05) is 55.1 Å². The van der Waals surface area contributed by atoms with E-state index in [1.54, 1.807) is 18.3 Å². The van der Waals surface area contributed by atoms with E-state index in [0.717, 1.165) is 33.1 Å². The minimum absolute atomic E-state index is 0.0508. The van der Waals surface area contributed by atoms with Crippen LogP contribution in [0.3, 0.4) is 0 Å². The lowest BCUT2D eigenvalue weighted by molar-refractivity contribution is 0.0903. The summed E-state index contributed by atoms with van der Waals surface area (Å²) in [4.78, 5) is 23.0. The van der Waals surface area contributed by atoms with Crippen molar-refractivity contribution in [2.45, 2.75) is 18.7 Å². The number of hydrogen-bond acceptors (Lipinski definition) is 5. The van der Waals surface area contributed by atoms with Crippen molar-refractivity contribution < 1.29 is 13.2 Å². The van der Waals surface area contributed by atoms with Gasteiger partial charge in [0.25, 0.3) is 0 Å². The molecule has 0 amide bonds. The normalized spacial score (nSPS) is 15.9. The number of carbonyl (C=O) groups excluding carboxylic acids is 1. The zero-order valence-corrected chi connectivity index (χ0v) is 19.5. The number of aromatic amines is 1. The van der Waals surface area contributed by atoms with Gasteiger partial charge in [0.1, 0.15) is 4.90 Å². The van der Waals surface area contributed by atoms with E-state index in [9.17, 15) is 13.2 Å². The average molecular weight is 463 g/mol. The van der Waals surface area contributed by atoms with Crippen molar-refractivity contribution in [1.82, 2.24) is 19.2 Å². The summed E-state index contributed by atoms with van der Waals surface area (Å²) < 4.78 is 28.3. The van der Waals surface area contributed by atoms with Crippen LogP contribution in [-0.4, -0.2) is 66.1 Å². The Morgan fingerprint density at radius 2 is 1.79 bits per heavy atom. The first-order valence-electron chi connectivity index (χ1n) is 11.0. The fraction of sp³-hybridized carbons (Fsp3) is 0.280. The van der Waals surface area contributed by atoms with E-state index >= 15 is 0 Å². The largest absolute Gasteiger partial charge is 0.358 e. The lowest BCUT2D eigenvalue weighted by atomic mass is 10.1. The number of nitrogens with zero attached hydrogens (tertiary/aromatic N) is 3. The molecule has 5 rings (SSSR count). The van der Waals surface area contributed by atoms with Crippen LogP contribution in [0.5, 0.6) is 0 Å². The summed E-state index contributed by atoms with van der Waals surface area (Å²) in [5, 5.41) is 1.74. The van der Waals surface area contributed by atoms with Crippen molar-refractivity contribution in [2.24, 2.45) is 0 Å². The van der Waals surface area contributed by atoms with E-state index in [-0.39, 0.29) is 17.2 Å². The van der Waals surface area contributed by atoms with Crippen molar-refractivity contribution in [3.8, 4) is 0 Å². The Bertz CT molecular complexity index is 1470. The molecule has 1 aliphatic rings. The van der Waals surface area contributed by atoms with Crippen molar-refractivity contribution >= 4 is 37.6 Å². The Kier molecular flexibility index (Phi) is 5.52. The van der Waals surface area contributed by atoms with Crippen LogP contribution in [0.2, 0.25) is 0 Å². The smallest absolute Gasteiger partial charge is 0.245 e. The second-order valence-corrected chi connectivity index (χ2v) is 10.5. The Labute approximate surface area is 193 Å². The van der Waals surface area contributed by atoms with Gasteiger partial charge in [-0.2, -0.15) is 4.31 Å². The Balaban J connectivity index is 1.31. The summed E-state index contributed by atoms with van der Waals surface area (Å²) in [6.45, 7) is 5.80. The van der Waals surface area contributed by atoms with Crippen LogP contribution in [0.25, 0.3) is 21.8 Å². The van der Waals surface area contributed by atoms with Crippen molar-refractivity contribution in [2.75, 3.05) is 32.7 Å². The maximum atomic E-state index is 13.4. The van der Waals surface area contributed by atoms with E-state index in [1.165, 1.54) is 4.31 Å². The second kappa shape index (κ2) is 8.37. The number of pyridine rings is 1. The number of H-pyrrole nitrogens is 1. The first-order valence-corrected chi connectivity index (χ1v) is 12.5. The summed E-state index contributed by atoms with van der Waals surface area (Å²) in [6, 6.07) is 15.0.